The number of aliphatic hydroxyl groups excluding tert-OH is 1. The van der Waals surface area contributed by atoms with Crippen molar-refractivity contribution in [1.82, 2.24) is 10.2 Å². The molecule has 4 N–H and O–H groups in total. The van der Waals surface area contributed by atoms with E-state index in [1.165, 1.54) is 5.56 Å². The highest BCUT2D eigenvalue weighted by atomic mass is 16.5. The summed E-state index contributed by atoms with van der Waals surface area (Å²) in [5.41, 5.74) is 0.807. The van der Waals surface area contributed by atoms with Crippen LogP contribution in [-0.4, -0.2) is 70.2 Å². The van der Waals surface area contributed by atoms with Gasteiger partial charge in [-0.25, -0.2) is 0 Å². The summed E-state index contributed by atoms with van der Waals surface area (Å²) in [6.07, 6.45) is 4.70. The number of nitrogens with one attached hydrogen (secondary N) is 1. The molecule has 1 saturated carbocycles. The minimum absolute atomic E-state index is 0.0251. The summed E-state index contributed by atoms with van der Waals surface area (Å²) in [4.78, 5) is 2.35. The molecule has 5 rings (SSSR count). The first-order valence-electron chi connectivity index (χ1n) is 10.0. The van der Waals surface area contributed by atoms with Crippen LogP contribution in [0.5, 0.6) is 11.5 Å². The zero-order valence-electron chi connectivity index (χ0n) is 15.5. The van der Waals surface area contributed by atoms with E-state index in [0.717, 1.165) is 37.9 Å². The average molecular weight is 372 g/mol. The van der Waals surface area contributed by atoms with Crippen molar-refractivity contribution in [2.75, 3.05) is 26.2 Å². The van der Waals surface area contributed by atoms with Gasteiger partial charge in [0.25, 0.3) is 0 Å². The van der Waals surface area contributed by atoms with Gasteiger partial charge in [-0.15, -0.1) is 6.58 Å². The number of piperidine rings is 1. The monoisotopic (exact) mass is 372 g/mol. The van der Waals surface area contributed by atoms with Gasteiger partial charge in [0.05, 0.1) is 17.6 Å². The smallest absolute Gasteiger partial charge is 0.165 e. The second-order valence-corrected chi connectivity index (χ2v) is 8.46. The predicted octanol–water partition coefficient (Wildman–Crippen LogP) is 0.683. The van der Waals surface area contributed by atoms with Crippen LogP contribution in [0.25, 0.3) is 0 Å². The number of phenolic OH excluding ortho intramolecular Hbond substituents is 1. The van der Waals surface area contributed by atoms with Crippen molar-refractivity contribution in [1.29, 1.82) is 0 Å². The number of nitrogens with zero attached hydrogens (tertiary/aromatic N) is 1. The van der Waals surface area contributed by atoms with Gasteiger partial charge in [-0.2, -0.15) is 0 Å². The summed E-state index contributed by atoms with van der Waals surface area (Å²) in [6.45, 7) is 6.11. The van der Waals surface area contributed by atoms with Crippen molar-refractivity contribution in [2.24, 2.45) is 0 Å². The number of benzene rings is 1. The molecule has 2 heterocycles. The molecule has 6 nitrogen and oxygen atoms in total. The molecule has 1 aromatic rings. The summed E-state index contributed by atoms with van der Waals surface area (Å²) in [5, 5.41) is 35.3. The van der Waals surface area contributed by atoms with Crippen molar-refractivity contribution in [3.8, 4) is 11.5 Å². The predicted molar refractivity (Wildman–Crippen MR) is 101 cm³/mol. The molecule has 1 aromatic carbocycles. The van der Waals surface area contributed by atoms with Gasteiger partial charge in [-0.3, -0.25) is 4.90 Å². The highest BCUT2D eigenvalue weighted by Gasteiger charge is 2.72. The van der Waals surface area contributed by atoms with Crippen molar-refractivity contribution < 1.29 is 20.1 Å². The molecule has 0 amide bonds. The van der Waals surface area contributed by atoms with Crippen molar-refractivity contribution in [3.05, 3.63) is 35.9 Å². The first-order valence-corrected chi connectivity index (χ1v) is 10.0. The van der Waals surface area contributed by atoms with E-state index in [1.807, 2.05) is 12.1 Å². The lowest BCUT2D eigenvalue weighted by molar-refractivity contribution is -0.189. The quantitative estimate of drug-likeness (QED) is 0.569. The zero-order valence-corrected chi connectivity index (χ0v) is 15.5. The fourth-order valence-corrected chi connectivity index (χ4v) is 6.47. The van der Waals surface area contributed by atoms with E-state index in [4.69, 9.17) is 4.74 Å². The molecule has 2 bridgehead atoms. The summed E-state index contributed by atoms with van der Waals surface area (Å²) < 4.78 is 6.39. The maximum Gasteiger partial charge on any atom is 0.165 e. The Morgan fingerprint density at radius 3 is 3.00 bits per heavy atom. The van der Waals surface area contributed by atoms with Crippen LogP contribution in [0.4, 0.5) is 0 Å². The Morgan fingerprint density at radius 1 is 1.37 bits per heavy atom. The zero-order chi connectivity index (χ0) is 18.8. The van der Waals surface area contributed by atoms with Crippen molar-refractivity contribution in [2.45, 2.75) is 54.9 Å². The lowest BCUT2D eigenvalue weighted by atomic mass is 9.48. The number of likely N-dealkylation sites (tertiary alicyclic amines) is 1. The van der Waals surface area contributed by atoms with Gasteiger partial charge in [0.1, 0.15) is 6.10 Å². The molecule has 5 atom stereocenters. The SMILES string of the molecule is C=CCN1CC[C@@]23c4c5ccc(O)c4O[C@@H]2C(NCCO)CC[C@]3(O)[C@@H]1C5. The number of ether oxygens (including phenoxy) is 1. The second kappa shape index (κ2) is 5.95. The van der Waals surface area contributed by atoms with Crippen LogP contribution in [0.3, 0.4) is 0 Å². The van der Waals surface area contributed by atoms with Gasteiger partial charge in [0, 0.05) is 30.7 Å². The Bertz CT molecular complexity index is 784. The second-order valence-electron chi connectivity index (χ2n) is 8.46. The molecule has 2 aliphatic carbocycles. The Labute approximate surface area is 159 Å². The van der Waals surface area contributed by atoms with Crippen LogP contribution in [0.1, 0.15) is 30.4 Å². The van der Waals surface area contributed by atoms with Gasteiger partial charge in [0.2, 0.25) is 0 Å². The lowest BCUT2D eigenvalue weighted by Crippen LogP contribution is -2.78. The third kappa shape index (κ3) is 2.04. The highest BCUT2D eigenvalue weighted by Crippen LogP contribution is 2.65. The molecule has 1 saturated heterocycles. The van der Waals surface area contributed by atoms with E-state index in [-0.39, 0.29) is 30.5 Å². The van der Waals surface area contributed by atoms with Gasteiger partial charge in [0.15, 0.2) is 11.5 Å². The molecule has 1 unspecified atom stereocenters. The van der Waals surface area contributed by atoms with E-state index in [9.17, 15) is 15.3 Å². The number of aromatic hydroxyl groups is 1. The van der Waals surface area contributed by atoms with E-state index >= 15 is 0 Å². The van der Waals surface area contributed by atoms with Crippen LogP contribution < -0.4 is 10.1 Å². The lowest BCUT2D eigenvalue weighted by Gasteiger charge is -2.64. The first kappa shape index (κ1) is 17.5. The Balaban J connectivity index is 1.68. The fourth-order valence-electron chi connectivity index (χ4n) is 6.47. The summed E-state index contributed by atoms with van der Waals surface area (Å²) >= 11 is 0. The fraction of sp³-hybridized carbons (Fsp3) is 0.619. The van der Waals surface area contributed by atoms with Crippen molar-refractivity contribution in [3.63, 3.8) is 0 Å². The molecule has 0 aromatic heterocycles. The molecule has 2 aliphatic heterocycles. The largest absolute Gasteiger partial charge is 0.504 e. The van der Waals surface area contributed by atoms with E-state index in [0.29, 0.717) is 18.7 Å². The van der Waals surface area contributed by atoms with Crippen LogP contribution in [0.2, 0.25) is 0 Å². The Hall–Kier alpha value is -1.60. The van der Waals surface area contributed by atoms with E-state index < -0.39 is 11.0 Å². The van der Waals surface area contributed by atoms with Crippen LogP contribution in [0.15, 0.2) is 24.8 Å². The molecular weight excluding hydrogens is 344 g/mol. The summed E-state index contributed by atoms with van der Waals surface area (Å²) in [6, 6.07) is 3.78. The molecule has 6 heteroatoms. The highest BCUT2D eigenvalue weighted by molar-refractivity contribution is 5.62. The number of phenols is 1. The molecule has 1 spiro atoms. The van der Waals surface area contributed by atoms with E-state index in [1.54, 1.807) is 6.07 Å². The van der Waals surface area contributed by atoms with Gasteiger partial charge >= 0.3 is 0 Å². The third-order valence-corrected chi connectivity index (χ3v) is 7.45. The number of aliphatic hydroxyl groups is 2. The summed E-state index contributed by atoms with van der Waals surface area (Å²) in [7, 11) is 0. The van der Waals surface area contributed by atoms with Gasteiger partial charge in [-0.05, 0) is 43.9 Å². The van der Waals surface area contributed by atoms with Crippen LogP contribution in [0, 0.1) is 0 Å². The van der Waals surface area contributed by atoms with Crippen LogP contribution in [-0.2, 0) is 11.8 Å². The van der Waals surface area contributed by atoms with Gasteiger partial charge < -0.3 is 25.4 Å². The van der Waals surface area contributed by atoms with E-state index in [2.05, 4.69) is 16.8 Å². The van der Waals surface area contributed by atoms with Crippen LogP contribution >= 0.6 is 0 Å². The standard InChI is InChI=1S/C21H28N2O4/c1-2-9-23-10-7-20-17-13-3-4-15(25)18(17)27-19(20)14(22-8-11-24)5-6-21(20,26)16(23)12-13/h2-4,14,16,19,22,24-26H,1,5-12H2/t14?,16-,19+,20+,21-/m0/s1. The average Bonchev–Trinajstić information content (AvgIpc) is 3.01. The summed E-state index contributed by atoms with van der Waals surface area (Å²) in [5.74, 6) is 0.719. The minimum atomic E-state index is -0.887. The number of hydrogen-bond acceptors (Lipinski definition) is 6. The Kier molecular flexibility index (Phi) is 3.85. The van der Waals surface area contributed by atoms with Crippen molar-refractivity contribution >= 4 is 0 Å². The number of hydrogen-bond donors (Lipinski definition) is 4. The molecule has 27 heavy (non-hydrogen) atoms. The molecular formula is C21H28N2O4. The molecule has 4 aliphatic rings. The topological polar surface area (TPSA) is 85.2 Å². The maximum atomic E-state index is 12.1. The molecule has 2 fully saturated rings. The minimum Gasteiger partial charge on any atom is -0.504 e. The van der Waals surface area contributed by atoms with Gasteiger partial charge in [-0.1, -0.05) is 12.1 Å². The first-order chi connectivity index (χ1) is 13.1. The molecule has 0 radical (unpaired) electrons. The normalized spacial score (nSPS) is 39.0. The number of rotatable bonds is 5. The maximum absolute atomic E-state index is 12.1. The third-order valence-electron chi connectivity index (χ3n) is 7.45. The Morgan fingerprint density at radius 2 is 2.22 bits per heavy atom. The molecule has 146 valence electrons.